The van der Waals surface area contributed by atoms with Gasteiger partial charge in [0.25, 0.3) is 0 Å². The van der Waals surface area contributed by atoms with Gasteiger partial charge in [0.1, 0.15) is 11.4 Å². The Kier molecular flexibility index (Phi) is 6.40. The van der Waals surface area contributed by atoms with Crippen LogP contribution in [0.5, 0.6) is 0 Å². The lowest BCUT2D eigenvalue weighted by Gasteiger charge is -2.24. The second-order valence-corrected chi connectivity index (χ2v) is 6.67. The maximum absolute atomic E-state index is 11.8. The Bertz CT molecular complexity index is 472. The minimum atomic E-state index is -0.446. The molecule has 0 saturated heterocycles. The quantitative estimate of drug-likeness (QED) is 0.641. The van der Waals surface area contributed by atoms with E-state index in [1.165, 1.54) is 0 Å². The summed E-state index contributed by atoms with van der Waals surface area (Å²) in [5.41, 5.74) is -0.446. The number of ether oxygens (including phenoxy) is 1. The number of nitrogens with zero attached hydrogens (tertiary/aromatic N) is 2. The largest absolute Gasteiger partial charge is 0.460 e. The van der Waals surface area contributed by atoms with Gasteiger partial charge in [0.05, 0.1) is 0 Å². The molecule has 0 aliphatic rings. The molecule has 0 radical (unpaired) electrons. The second-order valence-electron chi connectivity index (χ2n) is 6.33. The van der Waals surface area contributed by atoms with Crippen LogP contribution in [0.2, 0.25) is 5.28 Å². The van der Waals surface area contributed by atoms with Gasteiger partial charge >= 0.3 is 5.97 Å². The standard InChI is InChI=1S/C15H24ClN3O2/c1-10(2)11(6-7-13(20)21-15(3,4)5)18-12-8-9-17-14(16)19-12/h8-11H,6-7H2,1-5H3,(H,17,18,19)/t11-/m1/s1. The Morgan fingerprint density at radius 1 is 1.43 bits per heavy atom. The number of hydrogen-bond donors (Lipinski definition) is 1. The summed E-state index contributed by atoms with van der Waals surface area (Å²) in [7, 11) is 0. The number of nitrogens with one attached hydrogen (secondary N) is 1. The molecule has 1 heterocycles. The SMILES string of the molecule is CC(C)[C@@H](CCC(=O)OC(C)(C)C)Nc1ccnc(Cl)n1. The molecule has 1 aromatic rings. The van der Waals surface area contributed by atoms with Crippen LogP contribution in [-0.4, -0.2) is 27.6 Å². The predicted octanol–water partition coefficient (Wildman–Crippen LogP) is 3.69. The van der Waals surface area contributed by atoms with E-state index in [1.54, 1.807) is 12.3 Å². The molecule has 0 bridgehead atoms. The van der Waals surface area contributed by atoms with Gasteiger partial charge in [0.2, 0.25) is 5.28 Å². The molecule has 0 aromatic carbocycles. The first kappa shape index (κ1) is 17.7. The molecule has 0 spiro atoms. The summed E-state index contributed by atoms with van der Waals surface area (Å²) in [5.74, 6) is 0.828. The topological polar surface area (TPSA) is 64.1 Å². The number of esters is 1. The number of hydrogen-bond acceptors (Lipinski definition) is 5. The zero-order chi connectivity index (χ0) is 16.0. The van der Waals surface area contributed by atoms with Gasteiger partial charge in [0.15, 0.2) is 0 Å². The highest BCUT2D eigenvalue weighted by atomic mass is 35.5. The first-order valence-electron chi connectivity index (χ1n) is 7.14. The third-order valence-electron chi connectivity index (χ3n) is 2.84. The molecule has 0 fully saturated rings. The van der Waals surface area contributed by atoms with Gasteiger partial charge in [-0.3, -0.25) is 4.79 Å². The van der Waals surface area contributed by atoms with Crippen LogP contribution < -0.4 is 5.32 Å². The lowest BCUT2D eigenvalue weighted by molar-refractivity contribution is -0.155. The first-order valence-corrected chi connectivity index (χ1v) is 7.52. The van der Waals surface area contributed by atoms with Gasteiger partial charge in [-0.25, -0.2) is 9.97 Å². The van der Waals surface area contributed by atoms with E-state index in [2.05, 4.69) is 29.1 Å². The van der Waals surface area contributed by atoms with Crippen molar-refractivity contribution in [3.05, 3.63) is 17.5 Å². The molecule has 21 heavy (non-hydrogen) atoms. The minimum Gasteiger partial charge on any atom is -0.460 e. The van der Waals surface area contributed by atoms with Gasteiger partial charge in [-0.05, 0) is 50.8 Å². The molecule has 1 rings (SSSR count). The smallest absolute Gasteiger partial charge is 0.306 e. The van der Waals surface area contributed by atoms with Crippen LogP contribution in [0.25, 0.3) is 0 Å². The number of carbonyl (C=O) groups excluding carboxylic acids is 1. The normalized spacial score (nSPS) is 13.1. The maximum Gasteiger partial charge on any atom is 0.306 e. The lowest BCUT2D eigenvalue weighted by Crippen LogP contribution is -2.29. The van der Waals surface area contributed by atoms with E-state index in [1.807, 2.05) is 20.8 Å². The molecular formula is C15H24ClN3O2. The van der Waals surface area contributed by atoms with Crippen LogP contribution in [0, 0.1) is 5.92 Å². The van der Waals surface area contributed by atoms with Crippen molar-refractivity contribution in [1.82, 2.24) is 9.97 Å². The molecule has 1 aromatic heterocycles. The number of halogens is 1. The third kappa shape index (κ3) is 7.27. The monoisotopic (exact) mass is 313 g/mol. The van der Waals surface area contributed by atoms with Crippen LogP contribution in [0.1, 0.15) is 47.5 Å². The van der Waals surface area contributed by atoms with Crippen LogP contribution in [0.4, 0.5) is 5.82 Å². The van der Waals surface area contributed by atoms with Gasteiger partial charge in [-0.2, -0.15) is 0 Å². The van der Waals surface area contributed by atoms with Gasteiger partial charge in [0, 0.05) is 18.7 Å². The Morgan fingerprint density at radius 2 is 2.10 bits per heavy atom. The van der Waals surface area contributed by atoms with Crippen LogP contribution in [0.15, 0.2) is 12.3 Å². The van der Waals surface area contributed by atoms with Gasteiger partial charge in [-0.15, -0.1) is 0 Å². The lowest BCUT2D eigenvalue weighted by atomic mass is 9.99. The minimum absolute atomic E-state index is 0.114. The van der Waals surface area contributed by atoms with E-state index in [-0.39, 0.29) is 17.3 Å². The summed E-state index contributed by atoms with van der Waals surface area (Å²) in [6.45, 7) is 9.79. The fraction of sp³-hybridized carbons (Fsp3) is 0.667. The molecule has 6 heteroatoms. The molecule has 118 valence electrons. The first-order chi connectivity index (χ1) is 9.67. The zero-order valence-electron chi connectivity index (χ0n) is 13.3. The third-order valence-corrected chi connectivity index (χ3v) is 3.03. The van der Waals surface area contributed by atoms with Crippen molar-refractivity contribution in [3.8, 4) is 0 Å². The van der Waals surface area contributed by atoms with Crippen LogP contribution in [0.3, 0.4) is 0 Å². The molecule has 1 N–H and O–H groups in total. The predicted molar refractivity (Wildman–Crippen MR) is 84.4 cm³/mol. The fourth-order valence-electron chi connectivity index (χ4n) is 1.84. The van der Waals surface area contributed by atoms with E-state index in [4.69, 9.17) is 16.3 Å². The molecule has 0 saturated carbocycles. The number of carbonyl (C=O) groups is 1. The Balaban J connectivity index is 2.57. The Hall–Kier alpha value is -1.36. The summed E-state index contributed by atoms with van der Waals surface area (Å²) in [4.78, 5) is 19.8. The molecular weight excluding hydrogens is 290 g/mol. The summed E-state index contributed by atoms with van der Waals surface area (Å²) < 4.78 is 5.32. The molecule has 0 amide bonds. The van der Waals surface area contributed by atoms with Crippen molar-refractivity contribution < 1.29 is 9.53 Å². The average molecular weight is 314 g/mol. The van der Waals surface area contributed by atoms with E-state index in [9.17, 15) is 4.79 Å². The number of aromatic nitrogens is 2. The van der Waals surface area contributed by atoms with Gasteiger partial charge in [-0.1, -0.05) is 13.8 Å². The molecule has 0 aliphatic carbocycles. The van der Waals surface area contributed by atoms with Gasteiger partial charge < -0.3 is 10.1 Å². The Labute approximate surface area is 131 Å². The molecule has 1 atom stereocenters. The van der Waals surface area contributed by atoms with Crippen molar-refractivity contribution in [2.24, 2.45) is 5.92 Å². The van der Waals surface area contributed by atoms with Crippen LogP contribution >= 0.6 is 11.6 Å². The van der Waals surface area contributed by atoms with Crippen LogP contribution in [-0.2, 0) is 9.53 Å². The molecule has 0 aliphatic heterocycles. The van der Waals surface area contributed by atoms with Crippen molar-refractivity contribution in [3.63, 3.8) is 0 Å². The summed E-state index contributed by atoms with van der Waals surface area (Å²) in [6.07, 6.45) is 2.64. The maximum atomic E-state index is 11.8. The fourth-order valence-corrected chi connectivity index (χ4v) is 1.99. The van der Waals surface area contributed by atoms with E-state index < -0.39 is 5.60 Å². The van der Waals surface area contributed by atoms with E-state index >= 15 is 0 Å². The Morgan fingerprint density at radius 3 is 2.62 bits per heavy atom. The number of rotatable bonds is 6. The highest BCUT2D eigenvalue weighted by molar-refractivity contribution is 6.28. The van der Waals surface area contributed by atoms with Crippen molar-refractivity contribution >= 4 is 23.4 Å². The molecule has 0 unspecified atom stereocenters. The highest BCUT2D eigenvalue weighted by Crippen LogP contribution is 2.17. The molecule has 5 nitrogen and oxygen atoms in total. The van der Waals surface area contributed by atoms with Crippen molar-refractivity contribution in [2.45, 2.75) is 59.1 Å². The highest BCUT2D eigenvalue weighted by Gasteiger charge is 2.20. The van der Waals surface area contributed by atoms with Crippen molar-refractivity contribution in [1.29, 1.82) is 0 Å². The van der Waals surface area contributed by atoms with E-state index in [0.717, 1.165) is 0 Å². The summed E-state index contributed by atoms with van der Waals surface area (Å²) in [5, 5.41) is 3.50. The second kappa shape index (κ2) is 7.59. The van der Waals surface area contributed by atoms with E-state index in [0.29, 0.717) is 24.6 Å². The van der Waals surface area contributed by atoms with Crippen molar-refractivity contribution in [2.75, 3.05) is 5.32 Å². The summed E-state index contributed by atoms with van der Waals surface area (Å²) in [6, 6.07) is 1.87. The number of anilines is 1. The summed E-state index contributed by atoms with van der Waals surface area (Å²) >= 11 is 5.77. The average Bonchev–Trinajstić information content (AvgIpc) is 2.32. The zero-order valence-corrected chi connectivity index (χ0v) is 14.1.